The molecule has 0 unspecified atom stereocenters. The van der Waals surface area contributed by atoms with Gasteiger partial charge in [-0.1, -0.05) is 30.3 Å². The predicted molar refractivity (Wildman–Crippen MR) is 99.4 cm³/mol. The van der Waals surface area contributed by atoms with Crippen LogP contribution in [-0.2, 0) is 25.1 Å². The minimum atomic E-state index is -3.45. The third kappa shape index (κ3) is 4.30. The van der Waals surface area contributed by atoms with Crippen molar-refractivity contribution in [1.82, 2.24) is 0 Å². The van der Waals surface area contributed by atoms with Gasteiger partial charge >= 0.3 is 0 Å². The predicted octanol–water partition coefficient (Wildman–Crippen LogP) is 2.11. The van der Waals surface area contributed by atoms with Crippen LogP contribution in [0.4, 0.5) is 5.69 Å². The second-order valence-electron chi connectivity index (χ2n) is 6.50. The van der Waals surface area contributed by atoms with Crippen LogP contribution in [0.1, 0.15) is 18.4 Å². The first-order chi connectivity index (χ1) is 12.4. The molecule has 3 N–H and O–H groups in total. The van der Waals surface area contributed by atoms with Gasteiger partial charge in [0, 0.05) is 18.9 Å². The minimum absolute atomic E-state index is 0.137. The highest BCUT2D eigenvalue weighted by Gasteiger charge is 2.35. The summed E-state index contributed by atoms with van der Waals surface area (Å²) >= 11 is 0. The molecule has 6 nitrogen and oxygen atoms in total. The van der Waals surface area contributed by atoms with Gasteiger partial charge in [-0.3, -0.25) is 4.79 Å². The maximum Gasteiger partial charge on any atom is 0.244 e. The summed E-state index contributed by atoms with van der Waals surface area (Å²) in [6.45, 7) is 0.915. The average molecular weight is 374 g/mol. The first-order valence-electron chi connectivity index (χ1n) is 8.44. The van der Waals surface area contributed by atoms with Crippen LogP contribution in [0.25, 0.3) is 0 Å². The maximum atomic E-state index is 12.5. The van der Waals surface area contributed by atoms with Crippen molar-refractivity contribution in [3.05, 3.63) is 60.2 Å². The number of carbonyl (C=O) groups excluding carboxylic acids is 1. The van der Waals surface area contributed by atoms with E-state index in [1.807, 2.05) is 0 Å². The lowest BCUT2D eigenvalue weighted by Crippen LogP contribution is -2.54. The molecule has 2 aromatic carbocycles. The Morgan fingerprint density at radius 3 is 2.46 bits per heavy atom. The Labute approximate surface area is 153 Å². The lowest BCUT2D eigenvalue weighted by molar-refractivity contribution is -0.124. The zero-order chi connectivity index (χ0) is 18.6. The molecule has 0 saturated carbocycles. The molecule has 26 heavy (non-hydrogen) atoms. The summed E-state index contributed by atoms with van der Waals surface area (Å²) in [6.07, 6.45) is 0.918. The van der Waals surface area contributed by atoms with E-state index in [2.05, 4.69) is 5.32 Å². The van der Waals surface area contributed by atoms with Crippen molar-refractivity contribution < 1.29 is 17.9 Å². The van der Waals surface area contributed by atoms with Gasteiger partial charge in [0.15, 0.2) is 9.84 Å². The van der Waals surface area contributed by atoms with E-state index >= 15 is 0 Å². The Balaban J connectivity index is 1.73. The SMILES string of the molecule is NC1(C(=O)Nc2cccc(CS(=O)(=O)c3ccccc3)c2)CCOCC1. The molecule has 0 bridgehead atoms. The van der Waals surface area contributed by atoms with Gasteiger partial charge < -0.3 is 15.8 Å². The van der Waals surface area contributed by atoms with Crippen molar-refractivity contribution in [2.24, 2.45) is 5.73 Å². The van der Waals surface area contributed by atoms with Crippen molar-refractivity contribution in [2.75, 3.05) is 18.5 Å². The van der Waals surface area contributed by atoms with Gasteiger partial charge in [-0.2, -0.15) is 0 Å². The summed E-state index contributed by atoms with van der Waals surface area (Å²) in [5.41, 5.74) is 6.36. The summed E-state index contributed by atoms with van der Waals surface area (Å²) in [7, 11) is -3.45. The zero-order valence-electron chi connectivity index (χ0n) is 14.4. The van der Waals surface area contributed by atoms with Crippen LogP contribution in [0.3, 0.4) is 0 Å². The van der Waals surface area contributed by atoms with E-state index < -0.39 is 15.4 Å². The largest absolute Gasteiger partial charge is 0.381 e. The minimum Gasteiger partial charge on any atom is -0.381 e. The summed E-state index contributed by atoms with van der Waals surface area (Å²) in [5, 5.41) is 2.80. The monoisotopic (exact) mass is 374 g/mol. The maximum absolute atomic E-state index is 12.5. The number of hydrogen-bond acceptors (Lipinski definition) is 5. The summed E-state index contributed by atoms with van der Waals surface area (Å²) < 4.78 is 30.3. The molecular weight excluding hydrogens is 352 g/mol. The number of carbonyl (C=O) groups is 1. The van der Waals surface area contributed by atoms with E-state index in [9.17, 15) is 13.2 Å². The number of rotatable bonds is 5. The van der Waals surface area contributed by atoms with Gasteiger partial charge in [-0.15, -0.1) is 0 Å². The Morgan fingerprint density at radius 1 is 1.08 bits per heavy atom. The zero-order valence-corrected chi connectivity index (χ0v) is 15.2. The highest BCUT2D eigenvalue weighted by molar-refractivity contribution is 7.90. The van der Waals surface area contributed by atoms with E-state index in [0.29, 0.717) is 37.3 Å². The van der Waals surface area contributed by atoms with Gasteiger partial charge in [0.25, 0.3) is 0 Å². The van der Waals surface area contributed by atoms with Crippen molar-refractivity contribution in [3.8, 4) is 0 Å². The van der Waals surface area contributed by atoms with Gasteiger partial charge in [0.1, 0.15) is 5.54 Å². The number of nitrogens with one attached hydrogen (secondary N) is 1. The van der Waals surface area contributed by atoms with Gasteiger partial charge in [0.05, 0.1) is 10.6 Å². The van der Waals surface area contributed by atoms with Gasteiger partial charge in [0.2, 0.25) is 5.91 Å². The second kappa shape index (κ2) is 7.57. The Kier molecular flexibility index (Phi) is 5.41. The van der Waals surface area contributed by atoms with E-state index in [1.165, 1.54) is 0 Å². The van der Waals surface area contributed by atoms with E-state index in [-0.39, 0.29) is 16.6 Å². The fraction of sp³-hybridized carbons (Fsp3) is 0.316. The van der Waals surface area contributed by atoms with Crippen LogP contribution in [0.15, 0.2) is 59.5 Å². The number of amides is 1. The van der Waals surface area contributed by atoms with Crippen LogP contribution in [-0.4, -0.2) is 33.1 Å². The Morgan fingerprint density at radius 2 is 1.77 bits per heavy atom. The number of anilines is 1. The molecule has 1 aliphatic rings. The normalized spacial score (nSPS) is 16.8. The molecule has 0 aromatic heterocycles. The topological polar surface area (TPSA) is 98.5 Å². The average Bonchev–Trinajstić information content (AvgIpc) is 2.63. The fourth-order valence-corrected chi connectivity index (χ4v) is 4.24. The van der Waals surface area contributed by atoms with E-state index in [1.54, 1.807) is 54.6 Å². The van der Waals surface area contributed by atoms with Crippen molar-refractivity contribution in [1.29, 1.82) is 0 Å². The lowest BCUT2D eigenvalue weighted by atomic mass is 9.90. The smallest absolute Gasteiger partial charge is 0.244 e. The third-order valence-electron chi connectivity index (χ3n) is 4.48. The highest BCUT2D eigenvalue weighted by Crippen LogP contribution is 2.22. The molecule has 0 radical (unpaired) electrons. The number of benzene rings is 2. The first-order valence-corrected chi connectivity index (χ1v) is 10.1. The van der Waals surface area contributed by atoms with Crippen LogP contribution < -0.4 is 11.1 Å². The van der Waals surface area contributed by atoms with E-state index in [4.69, 9.17) is 10.5 Å². The molecule has 2 aromatic rings. The van der Waals surface area contributed by atoms with Crippen LogP contribution in [0, 0.1) is 0 Å². The van der Waals surface area contributed by atoms with Crippen LogP contribution >= 0.6 is 0 Å². The number of ether oxygens (including phenoxy) is 1. The summed E-state index contributed by atoms with van der Waals surface area (Å²) in [6, 6.07) is 15.1. The standard InChI is InChI=1S/C19H22N2O4S/c20-19(9-11-25-12-10-19)18(22)21-16-6-4-5-15(13-16)14-26(23,24)17-7-2-1-3-8-17/h1-8,13H,9-12,14,20H2,(H,21,22). The van der Waals surface area contributed by atoms with Crippen molar-refractivity contribution in [3.63, 3.8) is 0 Å². The lowest BCUT2D eigenvalue weighted by Gasteiger charge is -2.31. The number of sulfone groups is 1. The molecule has 1 heterocycles. The Bertz CT molecular complexity index is 875. The third-order valence-corrected chi connectivity index (χ3v) is 6.18. The molecule has 0 spiro atoms. The quantitative estimate of drug-likeness (QED) is 0.835. The molecular formula is C19H22N2O4S. The van der Waals surface area contributed by atoms with Crippen molar-refractivity contribution in [2.45, 2.75) is 29.0 Å². The highest BCUT2D eigenvalue weighted by atomic mass is 32.2. The molecule has 138 valence electrons. The molecule has 1 fully saturated rings. The number of hydrogen-bond donors (Lipinski definition) is 2. The molecule has 0 atom stereocenters. The number of nitrogens with two attached hydrogens (primary N) is 1. The van der Waals surface area contributed by atoms with E-state index in [0.717, 1.165) is 0 Å². The second-order valence-corrected chi connectivity index (χ2v) is 8.48. The first kappa shape index (κ1) is 18.6. The van der Waals surface area contributed by atoms with Gasteiger partial charge in [-0.25, -0.2) is 8.42 Å². The molecule has 7 heteroatoms. The summed E-state index contributed by atoms with van der Waals surface area (Å²) in [4.78, 5) is 12.8. The van der Waals surface area contributed by atoms with Crippen LogP contribution in [0.2, 0.25) is 0 Å². The van der Waals surface area contributed by atoms with Gasteiger partial charge in [-0.05, 0) is 42.7 Å². The molecule has 1 saturated heterocycles. The van der Waals surface area contributed by atoms with Crippen molar-refractivity contribution >= 4 is 21.4 Å². The Hall–Kier alpha value is -2.22. The molecule has 1 amide bonds. The molecule has 1 aliphatic heterocycles. The molecule has 0 aliphatic carbocycles. The fourth-order valence-electron chi connectivity index (χ4n) is 2.89. The molecule has 3 rings (SSSR count). The van der Waals surface area contributed by atoms with Crippen LogP contribution in [0.5, 0.6) is 0 Å². The summed E-state index contributed by atoms with van der Waals surface area (Å²) in [5.74, 6) is -0.411.